The van der Waals surface area contributed by atoms with E-state index in [9.17, 15) is 14.9 Å². The topological polar surface area (TPSA) is 74.9 Å². The average molecular weight is 351 g/mol. The van der Waals surface area contributed by atoms with Crippen LogP contribution in [-0.4, -0.2) is 10.5 Å². The maximum Gasteiger partial charge on any atom is 0.251 e. The Labute approximate surface area is 149 Å². The lowest BCUT2D eigenvalue weighted by atomic mass is 10.1. The highest BCUT2D eigenvalue weighted by Crippen LogP contribution is 2.31. The van der Waals surface area contributed by atoms with E-state index in [4.69, 9.17) is 0 Å². The SMILES string of the molecule is Cc1sc(NC(=O)Cn2c(=O)cc(C)c3ccccc32)c(C#N)c1C. The van der Waals surface area contributed by atoms with E-state index in [1.54, 1.807) is 0 Å². The van der Waals surface area contributed by atoms with Crippen molar-refractivity contribution < 1.29 is 4.79 Å². The van der Waals surface area contributed by atoms with Crippen LogP contribution in [0, 0.1) is 32.1 Å². The van der Waals surface area contributed by atoms with Crippen LogP contribution in [0.5, 0.6) is 0 Å². The predicted octanol–water partition coefficient (Wildman–Crippen LogP) is 3.50. The number of hydrogen-bond donors (Lipinski definition) is 1. The molecule has 2 aromatic heterocycles. The molecule has 2 heterocycles. The van der Waals surface area contributed by atoms with E-state index in [0.29, 0.717) is 10.6 Å². The molecule has 1 amide bonds. The van der Waals surface area contributed by atoms with Gasteiger partial charge in [-0.05, 0) is 38.0 Å². The molecule has 25 heavy (non-hydrogen) atoms. The Kier molecular flexibility index (Phi) is 4.43. The molecule has 6 heteroatoms. The number of aromatic nitrogens is 1. The number of nitrogens with one attached hydrogen (secondary N) is 1. The zero-order chi connectivity index (χ0) is 18.1. The fourth-order valence-corrected chi connectivity index (χ4v) is 3.85. The second-order valence-corrected chi connectivity index (χ2v) is 7.14. The maximum atomic E-state index is 12.5. The van der Waals surface area contributed by atoms with E-state index in [1.807, 2.05) is 45.0 Å². The van der Waals surface area contributed by atoms with Gasteiger partial charge in [-0.15, -0.1) is 11.3 Å². The Balaban J connectivity index is 1.95. The first-order valence-electron chi connectivity index (χ1n) is 7.81. The number of anilines is 1. The van der Waals surface area contributed by atoms with Gasteiger partial charge in [0, 0.05) is 16.3 Å². The number of fused-ring (bicyclic) bond motifs is 1. The van der Waals surface area contributed by atoms with E-state index < -0.39 is 0 Å². The number of thiophene rings is 1. The van der Waals surface area contributed by atoms with Crippen molar-refractivity contribution >= 4 is 33.1 Å². The van der Waals surface area contributed by atoms with Gasteiger partial charge in [0.1, 0.15) is 17.6 Å². The summed E-state index contributed by atoms with van der Waals surface area (Å²) >= 11 is 1.37. The number of benzene rings is 1. The van der Waals surface area contributed by atoms with Crippen LogP contribution in [0.25, 0.3) is 10.9 Å². The third kappa shape index (κ3) is 3.06. The molecule has 1 aromatic carbocycles. The van der Waals surface area contributed by atoms with E-state index in [1.165, 1.54) is 22.0 Å². The third-order valence-electron chi connectivity index (χ3n) is 4.28. The molecule has 3 aromatic rings. The molecule has 0 aliphatic carbocycles. The quantitative estimate of drug-likeness (QED) is 0.785. The van der Waals surface area contributed by atoms with Crippen molar-refractivity contribution in [1.82, 2.24) is 4.57 Å². The number of nitriles is 1. The molecule has 0 aliphatic heterocycles. The van der Waals surface area contributed by atoms with Crippen molar-refractivity contribution in [2.75, 3.05) is 5.32 Å². The van der Waals surface area contributed by atoms with Crippen LogP contribution >= 0.6 is 11.3 Å². The summed E-state index contributed by atoms with van der Waals surface area (Å²) < 4.78 is 1.46. The van der Waals surface area contributed by atoms with Gasteiger partial charge in [-0.25, -0.2) is 0 Å². The first-order valence-corrected chi connectivity index (χ1v) is 8.63. The lowest BCUT2D eigenvalue weighted by Crippen LogP contribution is -2.27. The fraction of sp³-hybridized carbons (Fsp3) is 0.211. The number of carbonyl (C=O) groups excluding carboxylic acids is 1. The molecular weight excluding hydrogens is 334 g/mol. The van der Waals surface area contributed by atoms with Crippen molar-refractivity contribution in [3.63, 3.8) is 0 Å². The highest BCUT2D eigenvalue weighted by Gasteiger charge is 2.16. The minimum atomic E-state index is -0.325. The zero-order valence-electron chi connectivity index (χ0n) is 14.2. The molecule has 0 spiro atoms. The number of nitrogens with zero attached hydrogens (tertiary/aromatic N) is 2. The van der Waals surface area contributed by atoms with Gasteiger partial charge in [-0.3, -0.25) is 14.2 Å². The summed E-state index contributed by atoms with van der Waals surface area (Å²) in [4.78, 5) is 25.8. The minimum absolute atomic E-state index is 0.0967. The molecule has 1 N–H and O–H groups in total. The Morgan fingerprint density at radius 2 is 2.00 bits per heavy atom. The Bertz CT molecular complexity index is 1090. The molecule has 5 nitrogen and oxygen atoms in total. The Hall–Kier alpha value is -2.91. The molecule has 0 aliphatic rings. The largest absolute Gasteiger partial charge is 0.315 e. The molecule has 0 radical (unpaired) electrons. The highest BCUT2D eigenvalue weighted by atomic mass is 32.1. The summed E-state index contributed by atoms with van der Waals surface area (Å²) in [6.45, 7) is 5.55. The van der Waals surface area contributed by atoms with Gasteiger partial charge in [0.15, 0.2) is 0 Å². The molecule has 0 saturated carbocycles. The van der Waals surface area contributed by atoms with E-state index in [-0.39, 0.29) is 18.0 Å². The summed E-state index contributed by atoms with van der Waals surface area (Å²) in [6.07, 6.45) is 0. The molecule has 0 atom stereocenters. The number of amides is 1. The van der Waals surface area contributed by atoms with E-state index in [2.05, 4.69) is 11.4 Å². The van der Waals surface area contributed by atoms with Crippen LogP contribution in [0.4, 0.5) is 5.00 Å². The van der Waals surface area contributed by atoms with Gasteiger partial charge in [-0.1, -0.05) is 18.2 Å². The van der Waals surface area contributed by atoms with Gasteiger partial charge in [-0.2, -0.15) is 5.26 Å². The van der Waals surface area contributed by atoms with Gasteiger partial charge in [0.2, 0.25) is 5.91 Å². The zero-order valence-corrected chi connectivity index (χ0v) is 15.0. The van der Waals surface area contributed by atoms with Gasteiger partial charge in [0.25, 0.3) is 5.56 Å². The number of rotatable bonds is 3. The number of aryl methyl sites for hydroxylation is 2. The van der Waals surface area contributed by atoms with Crippen LogP contribution in [0.15, 0.2) is 35.1 Å². The molecular formula is C19H17N3O2S. The molecule has 0 fully saturated rings. The first kappa shape index (κ1) is 16.9. The monoisotopic (exact) mass is 351 g/mol. The second kappa shape index (κ2) is 6.54. The van der Waals surface area contributed by atoms with Crippen molar-refractivity contribution in [3.05, 3.63) is 62.3 Å². The van der Waals surface area contributed by atoms with E-state index in [0.717, 1.165) is 26.9 Å². The third-order valence-corrected chi connectivity index (χ3v) is 5.40. The highest BCUT2D eigenvalue weighted by molar-refractivity contribution is 7.16. The molecule has 0 bridgehead atoms. The smallest absolute Gasteiger partial charge is 0.251 e. The van der Waals surface area contributed by atoms with Gasteiger partial charge in [0.05, 0.1) is 11.1 Å². The van der Waals surface area contributed by atoms with Crippen molar-refractivity contribution in [2.45, 2.75) is 27.3 Å². The summed E-state index contributed by atoms with van der Waals surface area (Å²) in [5, 5.41) is 13.5. The lowest BCUT2D eigenvalue weighted by molar-refractivity contribution is -0.116. The predicted molar refractivity (Wildman–Crippen MR) is 100 cm³/mol. The normalized spacial score (nSPS) is 10.6. The van der Waals surface area contributed by atoms with Crippen molar-refractivity contribution in [1.29, 1.82) is 5.26 Å². The first-order chi connectivity index (χ1) is 11.9. The number of para-hydroxylation sites is 1. The molecule has 3 rings (SSSR count). The lowest BCUT2D eigenvalue weighted by Gasteiger charge is -2.11. The van der Waals surface area contributed by atoms with Gasteiger partial charge >= 0.3 is 0 Å². The van der Waals surface area contributed by atoms with Crippen LogP contribution in [0.3, 0.4) is 0 Å². The Morgan fingerprint density at radius 3 is 2.72 bits per heavy atom. The minimum Gasteiger partial charge on any atom is -0.315 e. The van der Waals surface area contributed by atoms with Crippen LogP contribution in [-0.2, 0) is 11.3 Å². The summed E-state index contributed by atoms with van der Waals surface area (Å²) in [6, 6.07) is 11.2. The van der Waals surface area contributed by atoms with Crippen molar-refractivity contribution in [3.8, 4) is 6.07 Å². The maximum absolute atomic E-state index is 12.5. The second-order valence-electron chi connectivity index (χ2n) is 5.92. The average Bonchev–Trinajstić information content (AvgIpc) is 2.85. The molecule has 0 unspecified atom stereocenters. The molecule has 0 saturated heterocycles. The van der Waals surface area contributed by atoms with Crippen molar-refractivity contribution in [2.24, 2.45) is 0 Å². The molecule has 126 valence electrons. The number of pyridine rings is 1. The van der Waals surface area contributed by atoms with Crippen LogP contribution in [0.1, 0.15) is 21.6 Å². The Morgan fingerprint density at radius 1 is 1.28 bits per heavy atom. The number of hydrogen-bond acceptors (Lipinski definition) is 4. The fourth-order valence-electron chi connectivity index (χ4n) is 2.82. The summed E-state index contributed by atoms with van der Waals surface area (Å²) in [7, 11) is 0. The van der Waals surface area contributed by atoms with E-state index >= 15 is 0 Å². The number of carbonyl (C=O) groups is 1. The van der Waals surface area contributed by atoms with Crippen LogP contribution < -0.4 is 10.9 Å². The van der Waals surface area contributed by atoms with Crippen LogP contribution in [0.2, 0.25) is 0 Å². The summed E-state index contributed by atoms with van der Waals surface area (Å²) in [5.41, 5.74) is 2.75. The van der Waals surface area contributed by atoms with Gasteiger partial charge < -0.3 is 5.32 Å². The summed E-state index contributed by atoms with van der Waals surface area (Å²) in [5.74, 6) is -0.325. The standard InChI is InChI=1S/C19H17N3O2S/c1-11-8-18(24)22(16-7-5-4-6-14(11)16)10-17(23)21-19-15(9-20)12(2)13(3)25-19/h4-8H,10H2,1-3H3,(H,21,23).